The van der Waals surface area contributed by atoms with Gasteiger partial charge in [-0.05, 0) is 25.0 Å². The highest BCUT2D eigenvalue weighted by Gasteiger charge is 2.16. The first-order valence-corrected chi connectivity index (χ1v) is 6.69. The average molecular weight is 261 g/mol. The third-order valence-corrected chi connectivity index (χ3v) is 3.67. The largest absolute Gasteiger partial charge is 0.490 e. The molecule has 0 aliphatic carbocycles. The molecule has 2 nitrogen and oxygen atoms in total. The zero-order valence-corrected chi connectivity index (χ0v) is 10.9. The Bertz CT molecular complexity index is 549. The lowest BCUT2D eigenvalue weighted by molar-refractivity contribution is 0.163. The summed E-state index contributed by atoms with van der Waals surface area (Å²) in [5, 5.41) is 7.26. The van der Waals surface area contributed by atoms with E-state index in [4.69, 9.17) is 16.3 Å². The topological polar surface area (TPSA) is 23.3 Å². The van der Waals surface area contributed by atoms with E-state index in [9.17, 15) is 0 Å². The van der Waals surface area contributed by atoms with E-state index < -0.39 is 0 Å². The van der Waals surface area contributed by atoms with Crippen LogP contribution in [0.25, 0.3) is 10.8 Å². The molecule has 18 heavy (non-hydrogen) atoms. The smallest absolute Gasteiger partial charge is 0.127 e. The highest BCUT2D eigenvalue weighted by molar-refractivity contribution is 6.35. The second-order valence-electron chi connectivity index (χ2n) is 4.58. The summed E-state index contributed by atoms with van der Waals surface area (Å²) >= 11 is 6.20. The van der Waals surface area contributed by atoms with Crippen LogP contribution in [0, 0.1) is 0 Å². The molecule has 0 bridgehead atoms. The zero-order valence-electron chi connectivity index (χ0n) is 10.1. The minimum Gasteiger partial charge on any atom is -0.490 e. The Morgan fingerprint density at radius 1 is 1.00 bits per heavy atom. The van der Waals surface area contributed by atoms with E-state index in [0.29, 0.717) is 0 Å². The van der Waals surface area contributed by atoms with Crippen molar-refractivity contribution >= 4 is 22.4 Å². The van der Waals surface area contributed by atoms with E-state index in [1.54, 1.807) is 0 Å². The van der Waals surface area contributed by atoms with Crippen LogP contribution in [0.15, 0.2) is 36.4 Å². The Morgan fingerprint density at radius 3 is 2.50 bits per heavy atom. The van der Waals surface area contributed by atoms with E-state index in [2.05, 4.69) is 11.4 Å². The van der Waals surface area contributed by atoms with Crippen molar-refractivity contribution in [2.45, 2.75) is 18.9 Å². The van der Waals surface area contributed by atoms with Crippen LogP contribution < -0.4 is 10.1 Å². The van der Waals surface area contributed by atoms with Gasteiger partial charge >= 0.3 is 0 Å². The van der Waals surface area contributed by atoms with Crippen molar-refractivity contribution in [2.24, 2.45) is 0 Å². The van der Waals surface area contributed by atoms with Crippen LogP contribution in [0.1, 0.15) is 12.8 Å². The molecule has 0 aromatic heterocycles. The summed E-state index contributed by atoms with van der Waals surface area (Å²) < 4.78 is 6.10. The molecule has 0 amide bonds. The molecule has 1 fully saturated rings. The van der Waals surface area contributed by atoms with E-state index in [1.807, 2.05) is 30.3 Å². The van der Waals surface area contributed by atoms with Crippen molar-refractivity contribution in [3.8, 4) is 5.75 Å². The molecule has 93 valence electrons. The van der Waals surface area contributed by atoms with Gasteiger partial charge in [0.25, 0.3) is 0 Å². The van der Waals surface area contributed by atoms with Gasteiger partial charge in [0, 0.05) is 28.9 Å². The number of hydrogen-bond acceptors (Lipinski definition) is 1. The maximum absolute atomic E-state index is 6.20. The third-order valence-electron chi connectivity index (χ3n) is 3.34. The van der Waals surface area contributed by atoms with Crippen molar-refractivity contribution in [1.82, 2.24) is 5.32 Å². The normalized spacial score (nSPS) is 16.9. The second kappa shape index (κ2) is 5.17. The summed E-state index contributed by atoms with van der Waals surface area (Å²) in [7, 11) is 0. The summed E-state index contributed by atoms with van der Waals surface area (Å²) in [6.45, 7) is 1.83. The van der Waals surface area contributed by atoms with Gasteiger partial charge in [-0.15, -0.1) is 0 Å². The molecule has 2 aromatic rings. The Labute approximate surface area is 112 Å². The number of hydrogen-bond donors (Lipinski definition) is 0. The van der Waals surface area contributed by atoms with E-state index in [1.165, 1.54) is 0 Å². The summed E-state index contributed by atoms with van der Waals surface area (Å²) in [6, 6.07) is 12.0. The standard InChI is InChI=1S/C15H15ClNO/c16-14-5-6-15(13-4-2-1-3-12(13)14)18-11-7-9-17-10-8-11/h1-6,11H,7-10H2. The molecule has 3 rings (SSSR count). The SMILES string of the molecule is Clc1ccc(OC2CC[N]CC2)c2ccccc12. The van der Waals surface area contributed by atoms with E-state index in [-0.39, 0.29) is 6.10 Å². The number of piperidine rings is 1. The highest BCUT2D eigenvalue weighted by atomic mass is 35.5. The molecular weight excluding hydrogens is 246 g/mol. The second-order valence-corrected chi connectivity index (χ2v) is 4.99. The van der Waals surface area contributed by atoms with Gasteiger partial charge in [0.15, 0.2) is 0 Å². The Morgan fingerprint density at radius 2 is 1.72 bits per heavy atom. The van der Waals surface area contributed by atoms with Crippen molar-refractivity contribution in [2.75, 3.05) is 13.1 Å². The first-order chi connectivity index (χ1) is 8.84. The molecule has 1 heterocycles. The summed E-state index contributed by atoms with van der Waals surface area (Å²) in [5.74, 6) is 0.932. The lowest BCUT2D eigenvalue weighted by Crippen LogP contribution is -2.30. The predicted molar refractivity (Wildman–Crippen MR) is 74.5 cm³/mol. The van der Waals surface area contributed by atoms with E-state index >= 15 is 0 Å². The minimum absolute atomic E-state index is 0.284. The van der Waals surface area contributed by atoms with Gasteiger partial charge < -0.3 is 4.74 Å². The molecule has 1 radical (unpaired) electrons. The first kappa shape index (κ1) is 11.8. The number of nitrogens with zero attached hydrogens (tertiary/aromatic N) is 1. The van der Waals surface area contributed by atoms with Crippen LogP contribution in [-0.2, 0) is 0 Å². The number of fused-ring (bicyclic) bond motifs is 1. The Hall–Kier alpha value is -1.25. The molecule has 0 unspecified atom stereocenters. The fourth-order valence-electron chi connectivity index (χ4n) is 2.36. The predicted octanol–water partition coefficient (Wildman–Crippen LogP) is 3.64. The van der Waals surface area contributed by atoms with Crippen LogP contribution in [0.5, 0.6) is 5.75 Å². The lowest BCUT2D eigenvalue weighted by Gasteiger charge is -2.23. The monoisotopic (exact) mass is 260 g/mol. The molecule has 1 aliphatic heterocycles. The fraction of sp³-hybridized carbons (Fsp3) is 0.333. The highest BCUT2D eigenvalue weighted by Crippen LogP contribution is 2.32. The first-order valence-electron chi connectivity index (χ1n) is 6.32. The summed E-state index contributed by atoms with van der Waals surface area (Å²) in [4.78, 5) is 0. The number of rotatable bonds is 2. The van der Waals surface area contributed by atoms with Crippen LogP contribution in [0.2, 0.25) is 5.02 Å². The van der Waals surface area contributed by atoms with Gasteiger partial charge in [-0.3, -0.25) is 0 Å². The Balaban J connectivity index is 1.94. The molecule has 0 saturated carbocycles. The van der Waals surface area contributed by atoms with Crippen molar-refractivity contribution in [1.29, 1.82) is 0 Å². The van der Waals surface area contributed by atoms with Crippen LogP contribution >= 0.6 is 11.6 Å². The molecule has 1 saturated heterocycles. The molecule has 3 heteroatoms. The molecule has 0 N–H and O–H groups in total. The maximum atomic E-state index is 6.20. The van der Waals surface area contributed by atoms with E-state index in [0.717, 1.165) is 47.5 Å². The quantitative estimate of drug-likeness (QED) is 0.809. The fourth-order valence-corrected chi connectivity index (χ4v) is 2.59. The van der Waals surface area contributed by atoms with Crippen molar-refractivity contribution in [3.05, 3.63) is 41.4 Å². The Kier molecular flexibility index (Phi) is 3.39. The van der Waals surface area contributed by atoms with Gasteiger partial charge in [0.05, 0.1) is 0 Å². The third kappa shape index (κ3) is 2.31. The van der Waals surface area contributed by atoms with Crippen molar-refractivity contribution in [3.63, 3.8) is 0 Å². The van der Waals surface area contributed by atoms with Gasteiger partial charge in [-0.1, -0.05) is 35.9 Å². The van der Waals surface area contributed by atoms with Gasteiger partial charge in [0.1, 0.15) is 11.9 Å². The number of halogens is 1. The minimum atomic E-state index is 0.284. The molecule has 0 spiro atoms. The molecular formula is C15H15ClNO. The van der Waals surface area contributed by atoms with Gasteiger partial charge in [-0.2, -0.15) is 0 Å². The summed E-state index contributed by atoms with van der Waals surface area (Å²) in [6.07, 6.45) is 2.31. The van der Waals surface area contributed by atoms with Crippen molar-refractivity contribution < 1.29 is 4.74 Å². The lowest BCUT2D eigenvalue weighted by atomic mass is 10.1. The van der Waals surface area contributed by atoms with Crippen LogP contribution in [-0.4, -0.2) is 19.2 Å². The van der Waals surface area contributed by atoms with Crippen LogP contribution in [0.3, 0.4) is 0 Å². The maximum Gasteiger partial charge on any atom is 0.127 e. The average Bonchev–Trinajstić information content (AvgIpc) is 2.44. The molecule has 0 atom stereocenters. The summed E-state index contributed by atoms with van der Waals surface area (Å²) in [5.41, 5.74) is 0. The molecule has 1 aliphatic rings. The van der Waals surface area contributed by atoms with Crippen LogP contribution in [0.4, 0.5) is 0 Å². The molecule has 2 aromatic carbocycles. The number of benzene rings is 2. The zero-order chi connectivity index (χ0) is 12.4. The van der Waals surface area contributed by atoms with Gasteiger partial charge in [0.2, 0.25) is 0 Å². The number of ether oxygens (including phenoxy) is 1. The van der Waals surface area contributed by atoms with Gasteiger partial charge in [-0.25, -0.2) is 5.32 Å².